The number of nitro benzene ring substituents is 2. The van der Waals surface area contributed by atoms with Gasteiger partial charge in [0.25, 0.3) is 17.1 Å². The molecule has 42 nitrogen and oxygen atoms in total. The zero-order valence-electron chi connectivity index (χ0n) is 67.0. The standard InChI is InChI=1S/C74H113N17O25/c1-48(75)52-17-18-59(60(41-52)105-5)109-37-9-13-71(96)113-83-27-23-79-67(92)19-31-88(33-21-69(94)81-25-29-85-115-73(98)15-11-39-111-65-46-57(90(101)102)54(50(3)77)43-62(65)107-7)35-36-89(32-20-68(93)80-24-28-84-114-72(97)14-10-38-110-64-45-56(87-100)53(49(2)76)42-61(64)106-6)34-22-70(95)82-26-30-86-116-74(99)16-12-40-112-66-47-58(91(103)104)55(51(4)78)44-63(66)108-8/h17-18,41-51,83-86H,9-16,19-40,75-78H2,1-8H3,(H,79,92)(H,80,93)(H,81,94)(H,82,95)/p+1. The molecular formula is C74H114N17O25+. The van der Waals surface area contributed by atoms with Crippen LogP contribution in [0, 0.1) is 25.1 Å². The van der Waals surface area contributed by atoms with Crippen LogP contribution in [0.25, 0.3) is 0 Å². The van der Waals surface area contributed by atoms with Crippen molar-refractivity contribution in [2.75, 3.05) is 146 Å². The Morgan fingerprint density at radius 2 is 0.672 bits per heavy atom. The number of carbonyl (C=O) groups is 8. The molecule has 0 bridgehead atoms. The summed E-state index contributed by atoms with van der Waals surface area (Å²) in [6, 6.07) is 11.7. The molecule has 4 rings (SSSR count). The Morgan fingerprint density at radius 1 is 0.379 bits per heavy atom. The van der Waals surface area contributed by atoms with E-state index in [-0.39, 0.29) is 263 Å². The van der Waals surface area contributed by atoms with Crippen LogP contribution < -0.4 is 109 Å². The number of rotatable bonds is 62. The van der Waals surface area contributed by atoms with Gasteiger partial charge in [0.05, 0.1) is 120 Å². The average Bonchev–Trinajstić information content (AvgIpc) is 0.818. The summed E-state index contributed by atoms with van der Waals surface area (Å²) < 4.78 is 44.4. The molecule has 4 unspecified atom stereocenters. The van der Waals surface area contributed by atoms with Crippen molar-refractivity contribution < 1.29 is 111 Å². The zero-order valence-corrected chi connectivity index (χ0v) is 67.0. The van der Waals surface area contributed by atoms with Crippen molar-refractivity contribution >= 4 is 64.6 Å². The summed E-state index contributed by atoms with van der Waals surface area (Å²) in [7, 11) is 5.70. The van der Waals surface area contributed by atoms with Crippen molar-refractivity contribution in [1.29, 1.82) is 0 Å². The number of nitrogens with two attached hydrogens (primary N) is 4. The Kier molecular flexibility index (Phi) is 46.0. The fourth-order valence-corrected chi connectivity index (χ4v) is 10.8. The lowest BCUT2D eigenvalue weighted by Gasteiger charge is -2.27. The van der Waals surface area contributed by atoms with Crippen LogP contribution in [-0.2, 0) is 57.7 Å². The van der Waals surface area contributed by atoms with Crippen molar-refractivity contribution in [3.05, 3.63) is 102 Å². The van der Waals surface area contributed by atoms with Gasteiger partial charge in [0.15, 0.2) is 46.0 Å². The number of benzene rings is 4. The van der Waals surface area contributed by atoms with Gasteiger partial charge in [0, 0.05) is 157 Å². The summed E-state index contributed by atoms with van der Waals surface area (Å²) in [4.78, 5) is 161. The number of carbonyl (C=O) groups excluding carboxylic acids is 8. The normalized spacial score (nSPS) is 12.1. The van der Waals surface area contributed by atoms with Gasteiger partial charge in [0.1, 0.15) is 0 Å². The molecule has 4 aromatic rings. The van der Waals surface area contributed by atoms with Crippen LogP contribution in [0.2, 0.25) is 0 Å². The first-order valence-electron chi connectivity index (χ1n) is 37.9. The third kappa shape index (κ3) is 37.5. The van der Waals surface area contributed by atoms with Gasteiger partial charge in [-0.2, -0.15) is 21.9 Å². The van der Waals surface area contributed by atoms with E-state index in [2.05, 4.69) is 43.2 Å². The SMILES string of the molecule is COc1cc(C(C)N)ccc1OCCCC(=O)ONCCNC(=O)CCN(CCC(=O)NCCNOC(=O)CCCOc1cc([N+](=O)[O-])c(C(C)N)cc1OC)CCN(CCC(=O)NCCNOC(=O)CCCOc1cc([NH+]=O)c(C(C)N)cc1OC)CCC(=O)NCCNOC(=O)CCCOc1cc([N+](=O)[O-])c(C(C)N)cc1OC. The molecule has 0 aromatic heterocycles. The number of ether oxygens (including phenoxy) is 8. The average molecular weight is 1640 g/mol. The van der Waals surface area contributed by atoms with Gasteiger partial charge in [-0.05, 0) is 89.3 Å². The minimum atomic E-state index is -0.656. The first-order chi connectivity index (χ1) is 55.6. The van der Waals surface area contributed by atoms with Crippen molar-refractivity contribution in [3.8, 4) is 46.0 Å². The maximum absolute atomic E-state index is 13.3. The molecule has 0 heterocycles. The number of nitro groups is 2. The second-order valence-corrected chi connectivity index (χ2v) is 26.3. The monoisotopic (exact) mass is 1640 g/mol. The molecule has 0 saturated heterocycles. The Morgan fingerprint density at radius 3 is 0.957 bits per heavy atom. The molecule has 0 saturated carbocycles. The maximum atomic E-state index is 13.3. The number of hydroxylamine groups is 4. The van der Waals surface area contributed by atoms with Crippen LogP contribution in [0.4, 0.5) is 17.1 Å². The lowest BCUT2D eigenvalue weighted by atomic mass is 10.1. The van der Waals surface area contributed by atoms with E-state index < -0.39 is 63.7 Å². The Hall–Kier alpha value is -11.0. The molecule has 42 heteroatoms. The first-order valence-corrected chi connectivity index (χ1v) is 37.9. The fourth-order valence-electron chi connectivity index (χ4n) is 10.8. The predicted molar refractivity (Wildman–Crippen MR) is 418 cm³/mol. The van der Waals surface area contributed by atoms with Crippen LogP contribution in [0.1, 0.15) is 151 Å². The molecule has 17 N–H and O–H groups in total. The third-order valence-corrected chi connectivity index (χ3v) is 17.1. The number of nitrogens with zero attached hydrogens (tertiary/aromatic N) is 4. The molecular weight excluding hydrogens is 1530 g/mol. The van der Waals surface area contributed by atoms with E-state index in [1.165, 1.54) is 58.8 Å². The van der Waals surface area contributed by atoms with Crippen LogP contribution in [0.15, 0.2) is 54.6 Å². The number of hydrogen-bond acceptors (Lipinski definition) is 35. The molecule has 0 radical (unpaired) electrons. The van der Waals surface area contributed by atoms with E-state index >= 15 is 0 Å². The second-order valence-electron chi connectivity index (χ2n) is 26.3. The van der Waals surface area contributed by atoms with Crippen LogP contribution >= 0.6 is 0 Å². The molecule has 116 heavy (non-hydrogen) atoms. The summed E-state index contributed by atoms with van der Waals surface area (Å²) in [6.45, 7) is 8.30. The molecule has 0 aliphatic heterocycles. The largest absolute Gasteiger partial charge is 0.493 e. The van der Waals surface area contributed by atoms with Crippen LogP contribution in [0.3, 0.4) is 0 Å². The summed E-state index contributed by atoms with van der Waals surface area (Å²) in [5, 5.41) is 36.3. The summed E-state index contributed by atoms with van der Waals surface area (Å²) in [6.07, 6.45) is 0.482. The van der Waals surface area contributed by atoms with Gasteiger partial charge in [-0.1, -0.05) is 6.07 Å². The summed E-state index contributed by atoms with van der Waals surface area (Å²) in [5.41, 5.74) is 35.5. The van der Waals surface area contributed by atoms with Gasteiger partial charge in [-0.25, -0.2) is 0 Å². The van der Waals surface area contributed by atoms with Gasteiger partial charge >= 0.3 is 23.9 Å². The highest BCUT2D eigenvalue weighted by molar-refractivity contribution is 5.78. The highest BCUT2D eigenvalue weighted by atomic mass is 16.7. The number of nitrogens with one attached hydrogen (secondary N) is 9. The quantitative estimate of drug-likeness (QED) is 0.0129. The molecule has 4 amide bonds. The van der Waals surface area contributed by atoms with E-state index in [0.29, 0.717) is 29.2 Å². The number of nitroso groups, excluding NO2 is 1. The molecule has 0 aliphatic rings. The van der Waals surface area contributed by atoms with Crippen LogP contribution in [-0.4, -0.2) is 214 Å². The lowest BCUT2D eigenvalue weighted by molar-refractivity contribution is -0.385. The maximum Gasteiger partial charge on any atom is 0.324 e. The van der Waals surface area contributed by atoms with Gasteiger partial charge < -0.3 is 111 Å². The minimum absolute atomic E-state index is 0.0160. The van der Waals surface area contributed by atoms with E-state index in [1.54, 1.807) is 39.0 Å². The van der Waals surface area contributed by atoms with Gasteiger partial charge in [-0.15, -0.1) is 0 Å². The molecule has 0 spiro atoms. The van der Waals surface area contributed by atoms with E-state index in [4.69, 9.17) is 80.2 Å². The summed E-state index contributed by atoms with van der Waals surface area (Å²) in [5.74, 6) is -1.73. The van der Waals surface area contributed by atoms with Gasteiger partial charge in [0.2, 0.25) is 23.6 Å². The van der Waals surface area contributed by atoms with E-state index in [0.717, 1.165) is 5.56 Å². The molecule has 0 aliphatic carbocycles. The topological polar surface area (TPSA) is 571 Å². The van der Waals surface area contributed by atoms with E-state index in [9.17, 15) is 63.5 Å². The second kappa shape index (κ2) is 54.8. The van der Waals surface area contributed by atoms with Crippen molar-refractivity contribution in [2.45, 2.75) is 129 Å². The smallest absolute Gasteiger partial charge is 0.324 e. The highest BCUT2D eigenvalue weighted by Gasteiger charge is 2.26. The lowest BCUT2D eigenvalue weighted by Crippen LogP contribution is -2.56. The zero-order chi connectivity index (χ0) is 85.3. The van der Waals surface area contributed by atoms with Crippen molar-refractivity contribution in [1.82, 2.24) is 53.0 Å². The summed E-state index contributed by atoms with van der Waals surface area (Å²) >= 11 is 0. The molecule has 0 fully saturated rings. The molecule has 4 aromatic carbocycles. The number of hydrogen-bond donors (Lipinski definition) is 13. The minimum Gasteiger partial charge on any atom is -0.493 e. The van der Waals surface area contributed by atoms with Crippen molar-refractivity contribution in [2.24, 2.45) is 22.9 Å². The predicted octanol–water partition coefficient (Wildman–Crippen LogP) is 1.65. The number of amides is 4. The Bertz CT molecular complexity index is 3800. The molecule has 644 valence electrons. The van der Waals surface area contributed by atoms with Crippen LogP contribution in [0.5, 0.6) is 46.0 Å². The Balaban J connectivity index is 1.33. The molecule has 4 atom stereocenters. The van der Waals surface area contributed by atoms with Gasteiger partial charge in [-0.3, -0.25) is 58.6 Å². The highest BCUT2D eigenvalue weighted by Crippen LogP contribution is 2.39. The third-order valence-electron chi connectivity index (χ3n) is 17.1. The fraction of sp³-hybridized carbons (Fsp3) is 0.568. The number of methoxy groups -OCH3 is 4. The van der Waals surface area contributed by atoms with E-state index in [1.807, 2.05) is 28.0 Å². The Labute approximate surface area is 672 Å². The van der Waals surface area contributed by atoms with Crippen molar-refractivity contribution in [3.63, 3.8) is 0 Å². The first kappa shape index (κ1) is 97.4.